The average Bonchev–Trinajstić information content (AvgIpc) is 3.25. The number of ketones is 1. The van der Waals surface area contributed by atoms with Crippen LogP contribution < -0.4 is 10.9 Å². The molecule has 0 radical (unpaired) electrons. The highest BCUT2D eigenvalue weighted by Gasteiger charge is 2.20. The van der Waals surface area contributed by atoms with Crippen molar-refractivity contribution in [2.24, 2.45) is 5.92 Å². The number of benzene rings is 3. The van der Waals surface area contributed by atoms with Crippen LogP contribution >= 0.6 is 11.8 Å². The number of halogens is 1. The van der Waals surface area contributed by atoms with E-state index in [0.717, 1.165) is 28.4 Å². The van der Waals surface area contributed by atoms with Crippen LogP contribution in [0.5, 0.6) is 0 Å². The number of thioether (sulfide) groups is 1. The molecule has 0 fully saturated rings. The van der Waals surface area contributed by atoms with Gasteiger partial charge in [0.25, 0.3) is 11.5 Å². The van der Waals surface area contributed by atoms with Gasteiger partial charge in [0.05, 0.1) is 22.3 Å². The molecule has 3 aromatic carbocycles. The van der Waals surface area contributed by atoms with Crippen molar-refractivity contribution >= 4 is 45.3 Å². The van der Waals surface area contributed by atoms with Gasteiger partial charge in [0, 0.05) is 34.3 Å². The highest BCUT2D eigenvalue weighted by Crippen LogP contribution is 2.27. The molecular formula is C30H27FN4O3S. The van der Waals surface area contributed by atoms with E-state index in [2.05, 4.69) is 15.3 Å². The Hall–Kier alpha value is -4.24. The Kier molecular flexibility index (Phi) is 7.34. The molecule has 2 aromatic heterocycles. The third-order valence-corrected chi connectivity index (χ3v) is 7.28. The topological polar surface area (TPSA) is 96.8 Å². The lowest BCUT2D eigenvalue weighted by molar-refractivity contribution is 0.0948. The monoisotopic (exact) mass is 542 g/mol. The average molecular weight is 543 g/mol. The van der Waals surface area contributed by atoms with Crippen molar-refractivity contribution in [1.29, 1.82) is 0 Å². The minimum absolute atomic E-state index is 0.00448. The first-order chi connectivity index (χ1) is 18.7. The van der Waals surface area contributed by atoms with Crippen molar-refractivity contribution < 1.29 is 14.0 Å². The second kappa shape index (κ2) is 10.9. The molecule has 0 spiro atoms. The summed E-state index contributed by atoms with van der Waals surface area (Å²) >= 11 is 1.09. The summed E-state index contributed by atoms with van der Waals surface area (Å²) in [7, 11) is 0. The summed E-state index contributed by atoms with van der Waals surface area (Å²) in [5.41, 5.74) is 2.79. The lowest BCUT2D eigenvalue weighted by atomic mass is 10.1. The van der Waals surface area contributed by atoms with E-state index in [1.807, 2.05) is 45.0 Å². The van der Waals surface area contributed by atoms with Gasteiger partial charge in [-0.05, 0) is 55.3 Å². The summed E-state index contributed by atoms with van der Waals surface area (Å²) < 4.78 is 15.5. The normalized spacial score (nSPS) is 11.4. The van der Waals surface area contributed by atoms with E-state index < -0.39 is 11.4 Å². The number of hydrogen-bond donors (Lipinski definition) is 2. The van der Waals surface area contributed by atoms with E-state index in [9.17, 15) is 18.8 Å². The number of Topliss-reactive ketones (excluding diaryl/α,β-unsaturated/α-hetero) is 1. The zero-order valence-corrected chi connectivity index (χ0v) is 22.6. The number of amides is 1. The summed E-state index contributed by atoms with van der Waals surface area (Å²) in [6.07, 6.45) is 0. The molecule has 0 saturated carbocycles. The van der Waals surface area contributed by atoms with Crippen LogP contribution in [0.4, 0.5) is 4.39 Å². The number of aryl methyl sites for hydroxylation is 1. The van der Waals surface area contributed by atoms with Crippen molar-refractivity contribution in [2.75, 3.05) is 12.3 Å². The van der Waals surface area contributed by atoms with E-state index in [1.54, 1.807) is 24.3 Å². The molecule has 5 aromatic rings. The molecule has 198 valence electrons. The Balaban J connectivity index is 1.56. The molecule has 0 unspecified atom stereocenters. The fourth-order valence-electron chi connectivity index (χ4n) is 4.48. The number of para-hydroxylation sites is 1. The van der Waals surface area contributed by atoms with Gasteiger partial charge in [-0.15, -0.1) is 0 Å². The molecule has 0 bridgehead atoms. The van der Waals surface area contributed by atoms with E-state index in [-0.39, 0.29) is 33.9 Å². The van der Waals surface area contributed by atoms with Crippen molar-refractivity contribution in [3.8, 4) is 5.69 Å². The first kappa shape index (κ1) is 26.4. The number of carbonyl (C=O) groups is 2. The first-order valence-corrected chi connectivity index (χ1v) is 13.6. The van der Waals surface area contributed by atoms with Gasteiger partial charge in [-0.3, -0.25) is 19.0 Å². The van der Waals surface area contributed by atoms with E-state index in [4.69, 9.17) is 0 Å². The predicted molar refractivity (Wildman–Crippen MR) is 153 cm³/mol. The van der Waals surface area contributed by atoms with Gasteiger partial charge in [0.2, 0.25) is 0 Å². The number of hydrogen-bond acceptors (Lipinski definition) is 5. The molecule has 1 amide bonds. The van der Waals surface area contributed by atoms with Gasteiger partial charge >= 0.3 is 0 Å². The summed E-state index contributed by atoms with van der Waals surface area (Å²) in [5.74, 6) is -0.604. The van der Waals surface area contributed by atoms with E-state index in [1.165, 1.54) is 22.8 Å². The molecule has 0 saturated heterocycles. The van der Waals surface area contributed by atoms with Crippen LogP contribution in [0.15, 0.2) is 76.7 Å². The SMILES string of the molecule is Cc1[nH]c2ccccc2c1C(=O)CSc1nc2cc(C(=O)NCC(C)C)ccc2c(=O)n1-c1cccc(F)c1. The van der Waals surface area contributed by atoms with Gasteiger partial charge in [0.1, 0.15) is 5.82 Å². The lowest BCUT2D eigenvalue weighted by Crippen LogP contribution is -2.27. The van der Waals surface area contributed by atoms with Crippen LogP contribution in [0, 0.1) is 18.7 Å². The number of fused-ring (bicyclic) bond motifs is 2. The van der Waals surface area contributed by atoms with Gasteiger partial charge in [-0.25, -0.2) is 9.37 Å². The van der Waals surface area contributed by atoms with E-state index in [0.29, 0.717) is 28.9 Å². The molecule has 0 aliphatic rings. The Morgan fingerprint density at radius 3 is 2.62 bits per heavy atom. The highest BCUT2D eigenvalue weighted by atomic mass is 32.2. The maximum absolute atomic E-state index is 14.1. The Bertz CT molecular complexity index is 1790. The fourth-order valence-corrected chi connectivity index (χ4v) is 5.37. The van der Waals surface area contributed by atoms with Crippen LogP contribution in [0.2, 0.25) is 0 Å². The van der Waals surface area contributed by atoms with Crippen LogP contribution in [0.1, 0.15) is 40.3 Å². The molecule has 39 heavy (non-hydrogen) atoms. The second-order valence-corrected chi connectivity index (χ2v) is 10.7. The summed E-state index contributed by atoms with van der Waals surface area (Å²) in [5, 5.41) is 4.20. The fraction of sp³-hybridized carbons (Fsp3) is 0.200. The third kappa shape index (κ3) is 5.35. The zero-order chi connectivity index (χ0) is 27.7. The van der Waals surface area contributed by atoms with Crippen LogP contribution in [0.3, 0.4) is 0 Å². The summed E-state index contributed by atoms with van der Waals surface area (Å²) in [6, 6.07) is 17.9. The molecule has 2 N–H and O–H groups in total. The quantitative estimate of drug-likeness (QED) is 0.150. The second-order valence-electron chi connectivity index (χ2n) is 9.73. The maximum Gasteiger partial charge on any atom is 0.266 e. The zero-order valence-electron chi connectivity index (χ0n) is 21.7. The number of carbonyl (C=O) groups excluding carboxylic acids is 2. The van der Waals surface area contributed by atoms with Gasteiger partial charge in [-0.2, -0.15) is 0 Å². The predicted octanol–water partition coefficient (Wildman–Crippen LogP) is 5.68. The van der Waals surface area contributed by atoms with Crippen molar-refractivity contribution in [3.63, 3.8) is 0 Å². The molecule has 0 atom stereocenters. The maximum atomic E-state index is 14.1. The molecule has 7 nitrogen and oxygen atoms in total. The lowest BCUT2D eigenvalue weighted by Gasteiger charge is -2.14. The molecular weight excluding hydrogens is 515 g/mol. The number of H-pyrrole nitrogens is 1. The molecule has 0 aliphatic heterocycles. The third-order valence-electron chi connectivity index (χ3n) is 6.34. The minimum Gasteiger partial charge on any atom is -0.358 e. The molecule has 0 aliphatic carbocycles. The van der Waals surface area contributed by atoms with Crippen LogP contribution in [-0.2, 0) is 0 Å². The summed E-state index contributed by atoms with van der Waals surface area (Å²) in [4.78, 5) is 47.6. The Morgan fingerprint density at radius 1 is 1.05 bits per heavy atom. The number of nitrogens with zero attached hydrogens (tertiary/aromatic N) is 2. The van der Waals surface area contributed by atoms with Crippen molar-refractivity contribution in [3.05, 3.63) is 99.7 Å². The summed E-state index contributed by atoms with van der Waals surface area (Å²) in [6.45, 7) is 6.36. The minimum atomic E-state index is -0.502. The Labute approximate surface area is 228 Å². The van der Waals surface area contributed by atoms with Gasteiger partial charge < -0.3 is 10.3 Å². The number of rotatable bonds is 8. The first-order valence-electron chi connectivity index (χ1n) is 12.6. The standard InChI is InChI=1S/C30H27FN4O3S/c1-17(2)15-32-28(37)19-11-12-23-25(13-19)34-30(35(29(23)38)21-8-6-7-20(31)14-21)39-16-26(36)27-18(3)33-24-10-5-4-9-22(24)27/h4-14,17,33H,15-16H2,1-3H3,(H,32,37). The van der Waals surface area contributed by atoms with Crippen LogP contribution in [-0.4, -0.2) is 38.5 Å². The van der Waals surface area contributed by atoms with Gasteiger partial charge in [-0.1, -0.05) is 49.9 Å². The number of aromatic nitrogens is 3. The van der Waals surface area contributed by atoms with Crippen molar-refractivity contribution in [1.82, 2.24) is 19.9 Å². The van der Waals surface area contributed by atoms with Gasteiger partial charge in [0.15, 0.2) is 10.9 Å². The smallest absolute Gasteiger partial charge is 0.266 e. The molecule has 5 rings (SSSR count). The molecule has 2 heterocycles. The number of aromatic amines is 1. The van der Waals surface area contributed by atoms with Crippen LogP contribution in [0.25, 0.3) is 27.5 Å². The molecule has 9 heteroatoms. The van der Waals surface area contributed by atoms with Crippen molar-refractivity contribution in [2.45, 2.75) is 25.9 Å². The Morgan fingerprint density at radius 2 is 1.85 bits per heavy atom. The largest absolute Gasteiger partial charge is 0.358 e. The number of nitrogens with one attached hydrogen (secondary N) is 2. The highest BCUT2D eigenvalue weighted by molar-refractivity contribution is 7.99. The van der Waals surface area contributed by atoms with E-state index >= 15 is 0 Å².